The molecule has 0 saturated heterocycles. The van der Waals surface area contributed by atoms with E-state index in [0.717, 1.165) is 11.1 Å². The van der Waals surface area contributed by atoms with Crippen LogP contribution >= 0.6 is 0 Å². The highest BCUT2D eigenvalue weighted by Crippen LogP contribution is 2.38. The Hall–Kier alpha value is -2.65. The molecular weight excluding hydrogens is 500 g/mol. The van der Waals surface area contributed by atoms with Crippen molar-refractivity contribution in [1.82, 2.24) is 0 Å². The summed E-state index contributed by atoms with van der Waals surface area (Å²) in [5.74, 6) is 0.307. The summed E-state index contributed by atoms with van der Waals surface area (Å²) in [5, 5.41) is 30.0. The van der Waals surface area contributed by atoms with Crippen LogP contribution in [-0.2, 0) is 29.8 Å². The lowest BCUT2D eigenvalue weighted by atomic mass is 9.83. The quantitative estimate of drug-likeness (QED) is 0.174. The average Bonchev–Trinajstić information content (AvgIpc) is 2.82. The van der Waals surface area contributed by atoms with E-state index in [1.807, 2.05) is 60.6 Å². The second kappa shape index (κ2) is 14.1. The van der Waals surface area contributed by atoms with Crippen LogP contribution in [0.4, 0.5) is 0 Å². The molecule has 3 N–H and O–H groups in total. The van der Waals surface area contributed by atoms with Crippen LogP contribution in [0.3, 0.4) is 0 Å². The molecule has 2 rings (SSSR count). The summed E-state index contributed by atoms with van der Waals surface area (Å²) >= 11 is 0. The van der Waals surface area contributed by atoms with Gasteiger partial charge >= 0.3 is 5.97 Å². The molecule has 0 aliphatic rings. The third-order valence-corrected chi connectivity index (χ3v) is 6.32. The molecule has 0 amide bonds. The van der Waals surface area contributed by atoms with E-state index in [2.05, 4.69) is 0 Å². The summed E-state index contributed by atoms with van der Waals surface area (Å²) in [6, 6.07) is 7.06. The van der Waals surface area contributed by atoms with Crippen LogP contribution < -0.4 is 4.74 Å². The average molecular weight is 547 g/mol. The van der Waals surface area contributed by atoms with Crippen molar-refractivity contribution in [3.63, 3.8) is 0 Å². The van der Waals surface area contributed by atoms with Gasteiger partial charge in [0.25, 0.3) is 0 Å². The number of hydrogen-bond donors (Lipinski definition) is 3. The smallest absolute Gasteiger partial charge is 0.314 e. The number of rotatable bonds is 13. The molecule has 1 atom stereocenters. The molecule has 0 aromatic heterocycles. The van der Waals surface area contributed by atoms with Crippen molar-refractivity contribution in [2.75, 3.05) is 39.6 Å². The van der Waals surface area contributed by atoms with Crippen molar-refractivity contribution >= 4 is 5.97 Å². The van der Waals surface area contributed by atoms with Gasteiger partial charge in [-0.3, -0.25) is 4.79 Å². The minimum atomic E-state index is -0.632. The van der Waals surface area contributed by atoms with Crippen molar-refractivity contribution in [3.8, 4) is 17.2 Å². The van der Waals surface area contributed by atoms with Gasteiger partial charge in [0.15, 0.2) is 0 Å². The highest BCUT2D eigenvalue weighted by Gasteiger charge is 2.26. The molecule has 39 heavy (non-hydrogen) atoms. The summed E-state index contributed by atoms with van der Waals surface area (Å²) in [6.45, 7) is 17.1. The minimum absolute atomic E-state index is 0.0370. The van der Waals surface area contributed by atoms with Gasteiger partial charge in [-0.1, -0.05) is 41.5 Å². The minimum Gasteiger partial charge on any atom is -0.507 e. The molecule has 0 aliphatic heterocycles. The standard InChI is InChI=1S/C31H46O8/c1-20-15-22(17-24(28(20)34)30(3,4)5)26(38-14-13-37-12-11-36-10-9-32)19-27(33)39-23-16-21(2)29(35)25(18-23)31(6,7)8/h15-18,26,32,34-35H,9-14,19H2,1-8H3. The SMILES string of the molecule is Cc1cc(OC(=O)CC(OCCOCCOCCO)c2cc(C)c(O)c(C(C)(C)C)c2)cc(C(C)(C)C)c1O. The lowest BCUT2D eigenvalue weighted by Crippen LogP contribution is -2.20. The third kappa shape index (κ3) is 9.80. The predicted molar refractivity (Wildman–Crippen MR) is 151 cm³/mol. The third-order valence-electron chi connectivity index (χ3n) is 6.32. The first kappa shape index (κ1) is 32.6. The number of carbonyl (C=O) groups is 1. The van der Waals surface area contributed by atoms with E-state index < -0.39 is 12.1 Å². The number of aryl methyl sites for hydroxylation is 2. The Morgan fingerprint density at radius 3 is 1.85 bits per heavy atom. The predicted octanol–water partition coefficient (Wildman–Crippen LogP) is 5.39. The Balaban J connectivity index is 2.24. The van der Waals surface area contributed by atoms with Gasteiger partial charge in [0.1, 0.15) is 17.2 Å². The van der Waals surface area contributed by atoms with Crippen LogP contribution in [0.25, 0.3) is 0 Å². The van der Waals surface area contributed by atoms with Gasteiger partial charge in [0.05, 0.1) is 52.2 Å². The Morgan fingerprint density at radius 1 is 0.769 bits per heavy atom. The molecule has 0 fully saturated rings. The van der Waals surface area contributed by atoms with Crippen LogP contribution in [0.1, 0.15) is 81.9 Å². The van der Waals surface area contributed by atoms with Crippen molar-refractivity contribution < 1.29 is 39.1 Å². The van der Waals surface area contributed by atoms with E-state index in [0.29, 0.717) is 42.3 Å². The Labute approximate surface area is 232 Å². The Bertz CT molecular complexity index is 1100. The summed E-state index contributed by atoms with van der Waals surface area (Å²) in [5.41, 5.74) is 2.89. The molecule has 0 heterocycles. The lowest BCUT2D eigenvalue weighted by molar-refractivity contribution is -0.138. The van der Waals surface area contributed by atoms with Crippen molar-refractivity contribution in [2.45, 2.75) is 78.7 Å². The molecular formula is C31H46O8. The maximum Gasteiger partial charge on any atom is 0.314 e. The molecule has 8 nitrogen and oxygen atoms in total. The van der Waals surface area contributed by atoms with E-state index in [1.165, 1.54) is 0 Å². The summed E-state index contributed by atoms with van der Waals surface area (Å²) < 4.78 is 22.6. The topological polar surface area (TPSA) is 115 Å². The van der Waals surface area contributed by atoms with Gasteiger partial charge < -0.3 is 34.3 Å². The number of phenolic OH excluding ortho intramolecular Hbond substituents is 2. The summed E-state index contributed by atoms with van der Waals surface area (Å²) in [7, 11) is 0. The molecule has 0 spiro atoms. The van der Waals surface area contributed by atoms with Crippen LogP contribution in [0.15, 0.2) is 24.3 Å². The number of carbonyl (C=O) groups excluding carboxylic acids is 1. The maximum absolute atomic E-state index is 13.1. The zero-order valence-electron chi connectivity index (χ0n) is 24.7. The number of phenols is 2. The van der Waals surface area contributed by atoms with Gasteiger partial charge in [0, 0.05) is 5.56 Å². The van der Waals surface area contributed by atoms with Gasteiger partial charge in [-0.2, -0.15) is 0 Å². The molecule has 1 unspecified atom stereocenters. The number of aliphatic hydroxyl groups is 1. The van der Waals surface area contributed by atoms with Crippen LogP contribution in [0, 0.1) is 13.8 Å². The molecule has 0 aliphatic carbocycles. The highest BCUT2D eigenvalue weighted by atomic mass is 16.6. The first-order valence-electron chi connectivity index (χ1n) is 13.4. The number of esters is 1. The first-order chi connectivity index (χ1) is 18.1. The number of aromatic hydroxyl groups is 2. The number of benzene rings is 2. The van der Waals surface area contributed by atoms with Crippen LogP contribution in [0.2, 0.25) is 0 Å². The maximum atomic E-state index is 13.1. The second-order valence-electron chi connectivity index (χ2n) is 11.9. The molecule has 0 radical (unpaired) electrons. The van der Waals surface area contributed by atoms with Gasteiger partial charge in [-0.05, 0) is 71.2 Å². The molecule has 8 heteroatoms. The largest absolute Gasteiger partial charge is 0.507 e. The number of aliphatic hydroxyl groups excluding tert-OH is 1. The molecule has 0 saturated carbocycles. The van der Waals surface area contributed by atoms with Gasteiger partial charge in [-0.15, -0.1) is 0 Å². The Morgan fingerprint density at radius 2 is 1.28 bits per heavy atom. The van der Waals surface area contributed by atoms with Crippen molar-refractivity contribution in [2.24, 2.45) is 0 Å². The number of hydrogen-bond acceptors (Lipinski definition) is 8. The van der Waals surface area contributed by atoms with E-state index in [9.17, 15) is 15.0 Å². The van der Waals surface area contributed by atoms with Crippen molar-refractivity contribution in [3.05, 3.63) is 52.1 Å². The molecule has 2 aromatic carbocycles. The summed E-state index contributed by atoms with van der Waals surface area (Å²) in [6.07, 6.45) is -0.689. The monoisotopic (exact) mass is 546 g/mol. The fraction of sp³-hybridized carbons (Fsp3) is 0.581. The van der Waals surface area contributed by atoms with E-state index in [4.69, 9.17) is 24.1 Å². The Kier molecular flexibility index (Phi) is 11.8. The highest BCUT2D eigenvalue weighted by molar-refractivity contribution is 5.73. The zero-order valence-corrected chi connectivity index (χ0v) is 24.7. The molecule has 218 valence electrons. The fourth-order valence-corrected chi connectivity index (χ4v) is 4.18. The van der Waals surface area contributed by atoms with E-state index in [1.54, 1.807) is 19.1 Å². The molecule has 2 aromatic rings. The van der Waals surface area contributed by atoms with Crippen molar-refractivity contribution in [1.29, 1.82) is 0 Å². The second-order valence-corrected chi connectivity index (χ2v) is 11.9. The lowest BCUT2D eigenvalue weighted by Gasteiger charge is -2.25. The van der Waals surface area contributed by atoms with Gasteiger partial charge in [-0.25, -0.2) is 0 Å². The van der Waals surface area contributed by atoms with Crippen LogP contribution in [-0.4, -0.2) is 60.9 Å². The fourth-order valence-electron chi connectivity index (χ4n) is 4.18. The van der Waals surface area contributed by atoms with E-state index in [-0.39, 0.29) is 48.6 Å². The summed E-state index contributed by atoms with van der Waals surface area (Å²) in [4.78, 5) is 13.1. The van der Waals surface area contributed by atoms with Crippen LogP contribution in [0.5, 0.6) is 17.2 Å². The van der Waals surface area contributed by atoms with Gasteiger partial charge in [0.2, 0.25) is 0 Å². The van der Waals surface area contributed by atoms with E-state index >= 15 is 0 Å². The normalized spacial score (nSPS) is 12.9. The first-order valence-corrected chi connectivity index (χ1v) is 13.4. The number of ether oxygens (including phenoxy) is 4. The zero-order chi connectivity index (χ0) is 29.4. The molecule has 0 bridgehead atoms.